The fourth-order valence-electron chi connectivity index (χ4n) is 1.37. The molecule has 0 fully saturated rings. The molecule has 3 heteroatoms. The molecule has 14 heavy (non-hydrogen) atoms. The molecular formula is C11H12ClNO. The van der Waals surface area contributed by atoms with E-state index in [9.17, 15) is 5.11 Å². The molecule has 2 nitrogen and oxygen atoms in total. The third-order valence-electron chi connectivity index (χ3n) is 1.99. The summed E-state index contributed by atoms with van der Waals surface area (Å²) in [6.45, 7) is 5.82. The molecule has 0 spiro atoms. The lowest BCUT2D eigenvalue weighted by molar-refractivity contribution is 0.447. The molecule has 0 amide bonds. The Labute approximate surface area is 88.7 Å². The van der Waals surface area contributed by atoms with Gasteiger partial charge >= 0.3 is 0 Å². The van der Waals surface area contributed by atoms with Crippen molar-refractivity contribution in [3.8, 4) is 11.8 Å². The van der Waals surface area contributed by atoms with E-state index in [0.29, 0.717) is 16.1 Å². The highest BCUT2D eigenvalue weighted by Gasteiger charge is 2.23. The van der Waals surface area contributed by atoms with Gasteiger partial charge in [-0.05, 0) is 17.5 Å². The maximum absolute atomic E-state index is 9.65. The summed E-state index contributed by atoms with van der Waals surface area (Å²) >= 11 is 6.02. The van der Waals surface area contributed by atoms with Gasteiger partial charge in [-0.2, -0.15) is 5.26 Å². The second-order valence-electron chi connectivity index (χ2n) is 4.18. The van der Waals surface area contributed by atoms with Gasteiger partial charge in [0.05, 0.1) is 10.6 Å². The second kappa shape index (κ2) is 3.51. The van der Waals surface area contributed by atoms with Crippen LogP contribution in [0.2, 0.25) is 5.02 Å². The largest absolute Gasteiger partial charge is 0.508 e. The smallest absolute Gasteiger partial charge is 0.120 e. The molecule has 0 saturated carbocycles. The molecule has 1 N–H and O–H groups in total. The van der Waals surface area contributed by atoms with Crippen LogP contribution in [0.15, 0.2) is 12.1 Å². The quantitative estimate of drug-likeness (QED) is 0.713. The number of nitrogens with zero attached hydrogens (tertiary/aromatic N) is 1. The normalized spacial score (nSPS) is 11.1. The highest BCUT2D eigenvalue weighted by Crippen LogP contribution is 2.37. The zero-order valence-corrected chi connectivity index (χ0v) is 9.18. The number of phenolic OH excluding ortho intramolecular Hbond substituents is 1. The highest BCUT2D eigenvalue weighted by molar-refractivity contribution is 6.32. The first-order chi connectivity index (χ1) is 6.38. The minimum atomic E-state index is -0.270. The van der Waals surface area contributed by atoms with Crippen LogP contribution >= 0.6 is 11.6 Å². The van der Waals surface area contributed by atoms with Crippen molar-refractivity contribution in [3.05, 3.63) is 28.3 Å². The Hall–Kier alpha value is -1.20. The molecular weight excluding hydrogens is 198 g/mol. The molecule has 0 atom stereocenters. The van der Waals surface area contributed by atoms with E-state index in [1.54, 1.807) is 0 Å². The SMILES string of the molecule is CC(C)(C)c1c(O)ccc(C#N)c1Cl. The Kier molecular flexibility index (Phi) is 2.73. The molecule has 1 aromatic carbocycles. The fraction of sp³-hybridized carbons (Fsp3) is 0.364. The van der Waals surface area contributed by atoms with Crippen LogP contribution in [-0.4, -0.2) is 5.11 Å². The predicted octanol–water partition coefficient (Wildman–Crippen LogP) is 3.21. The van der Waals surface area contributed by atoms with Crippen molar-refractivity contribution in [1.29, 1.82) is 5.26 Å². The molecule has 1 rings (SSSR count). The zero-order chi connectivity index (χ0) is 10.9. The Morgan fingerprint density at radius 1 is 1.36 bits per heavy atom. The van der Waals surface area contributed by atoms with Gasteiger partial charge in [0.2, 0.25) is 0 Å². The van der Waals surface area contributed by atoms with Gasteiger partial charge in [0.15, 0.2) is 0 Å². The van der Waals surface area contributed by atoms with Gasteiger partial charge in [0.25, 0.3) is 0 Å². The standard InChI is InChI=1S/C11H12ClNO/c1-11(2,3)9-8(14)5-4-7(6-13)10(9)12/h4-5,14H,1-3H3. The maximum Gasteiger partial charge on any atom is 0.120 e. The van der Waals surface area contributed by atoms with Crippen LogP contribution in [0, 0.1) is 11.3 Å². The Bertz CT molecular complexity index is 399. The number of aromatic hydroxyl groups is 1. The monoisotopic (exact) mass is 209 g/mol. The van der Waals surface area contributed by atoms with Gasteiger partial charge in [-0.15, -0.1) is 0 Å². The van der Waals surface area contributed by atoms with Crippen molar-refractivity contribution < 1.29 is 5.11 Å². The van der Waals surface area contributed by atoms with E-state index >= 15 is 0 Å². The van der Waals surface area contributed by atoms with Crippen molar-refractivity contribution in [2.45, 2.75) is 26.2 Å². The van der Waals surface area contributed by atoms with Gasteiger partial charge in [-0.3, -0.25) is 0 Å². The second-order valence-corrected chi connectivity index (χ2v) is 4.56. The van der Waals surface area contributed by atoms with Gasteiger partial charge in [-0.1, -0.05) is 32.4 Å². The van der Waals surface area contributed by atoms with Crippen molar-refractivity contribution in [1.82, 2.24) is 0 Å². The molecule has 0 aliphatic carbocycles. The summed E-state index contributed by atoms with van der Waals surface area (Å²) in [6.07, 6.45) is 0. The highest BCUT2D eigenvalue weighted by atomic mass is 35.5. The number of phenols is 1. The van der Waals surface area contributed by atoms with Crippen molar-refractivity contribution in [2.24, 2.45) is 0 Å². The summed E-state index contributed by atoms with van der Waals surface area (Å²) in [6, 6.07) is 5.02. The molecule has 1 aromatic rings. The molecule has 0 saturated heterocycles. The van der Waals surface area contributed by atoms with Crippen LogP contribution in [0.25, 0.3) is 0 Å². The summed E-state index contributed by atoms with van der Waals surface area (Å²) in [5.74, 6) is 0.140. The predicted molar refractivity (Wildman–Crippen MR) is 56.5 cm³/mol. The summed E-state index contributed by atoms with van der Waals surface area (Å²) in [4.78, 5) is 0. The Morgan fingerprint density at radius 2 is 1.93 bits per heavy atom. The molecule has 74 valence electrons. The summed E-state index contributed by atoms with van der Waals surface area (Å²) in [5, 5.41) is 18.8. The summed E-state index contributed by atoms with van der Waals surface area (Å²) < 4.78 is 0. The number of rotatable bonds is 0. The van der Waals surface area contributed by atoms with Gasteiger partial charge < -0.3 is 5.11 Å². The number of halogens is 1. The number of nitriles is 1. The molecule has 0 aliphatic heterocycles. The summed E-state index contributed by atoms with van der Waals surface area (Å²) in [5.41, 5.74) is 0.751. The van der Waals surface area contributed by atoms with E-state index in [2.05, 4.69) is 0 Å². The Morgan fingerprint density at radius 3 is 2.36 bits per heavy atom. The zero-order valence-electron chi connectivity index (χ0n) is 8.43. The fourth-order valence-corrected chi connectivity index (χ4v) is 1.85. The lowest BCUT2D eigenvalue weighted by Crippen LogP contribution is -2.12. The first kappa shape index (κ1) is 10.9. The van der Waals surface area contributed by atoms with E-state index in [1.165, 1.54) is 12.1 Å². The van der Waals surface area contributed by atoms with Crippen LogP contribution in [0.4, 0.5) is 0 Å². The van der Waals surface area contributed by atoms with Crippen molar-refractivity contribution in [2.75, 3.05) is 0 Å². The molecule has 0 heterocycles. The van der Waals surface area contributed by atoms with Crippen LogP contribution in [-0.2, 0) is 5.41 Å². The molecule has 0 unspecified atom stereocenters. The molecule has 0 radical (unpaired) electrons. The minimum absolute atomic E-state index is 0.140. The molecule has 0 aromatic heterocycles. The number of hydrogen-bond acceptors (Lipinski definition) is 2. The van der Waals surface area contributed by atoms with Crippen LogP contribution < -0.4 is 0 Å². The number of hydrogen-bond donors (Lipinski definition) is 1. The minimum Gasteiger partial charge on any atom is -0.508 e. The van der Waals surface area contributed by atoms with E-state index in [4.69, 9.17) is 16.9 Å². The van der Waals surface area contributed by atoms with Crippen LogP contribution in [0.5, 0.6) is 5.75 Å². The van der Waals surface area contributed by atoms with Crippen molar-refractivity contribution >= 4 is 11.6 Å². The first-order valence-electron chi connectivity index (χ1n) is 4.30. The van der Waals surface area contributed by atoms with E-state index in [0.717, 1.165) is 0 Å². The van der Waals surface area contributed by atoms with Gasteiger partial charge in [0, 0.05) is 5.56 Å². The lowest BCUT2D eigenvalue weighted by atomic mass is 9.85. The molecule has 0 aliphatic rings. The van der Waals surface area contributed by atoms with Gasteiger partial charge in [-0.25, -0.2) is 0 Å². The third-order valence-corrected chi connectivity index (χ3v) is 2.38. The van der Waals surface area contributed by atoms with Crippen LogP contribution in [0.3, 0.4) is 0 Å². The maximum atomic E-state index is 9.65. The first-order valence-corrected chi connectivity index (χ1v) is 4.67. The number of benzene rings is 1. The average Bonchev–Trinajstić information content (AvgIpc) is 2.02. The molecule has 0 bridgehead atoms. The summed E-state index contributed by atoms with van der Waals surface area (Å²) in [7, 11) is 0. The van der Waals surface area contributed by atoms with Gasteiger partial charge in [0.1, 0.15) is 11.8 Å². The van der Waals surface area contributed by atoms with E-state index < -0.39 is 0 Å². The van der Waals surface area contributed by atoms with E-state index in [1.807, 2.05) is 26.8 Å². The Balaban J connectivity index is 3.50. The topological polar surface area (TPSA) is 44.0 Å². The van der Waals surface area contributed by atoms with E-state index in [-0.39, 0.29) is 11.2 Å². The lowest BCUT2D eigenvalue weighted by Gasteiger charge is -2.22. The van der Waals surface area contributed by atoms with Crippen molar-refractivity contribution in [3.63, 3.8) is 0 Å². The third kappa shape index (κ3) is 1.83. The average molecular weight is 210 g/mol. The van der Waals surface area contributed by atoms with Crippen LogP contribution in [0.1, 0.15) is 31.9 Å².